The van der Waals surface area contributed by atoms with Crippen LogP contribution in [-0.4, -0.2) is 22.1 Å². The molecule has 0 atom stereocenters. The van der Waals surface area contributed by atoms with Crippen LogP contribution in [0.15, 0.2) is 28.2 Å². The van der Waals surface area contributed by atoms with Crippen molar-refractivity contribution in [2.75, 3.05) is 0 Å². The monoisotopic (exact) mass is 209 g/mol. The predicted octanol–water partition coefficient (Wildman–Crippen LogP) is -0.683. The van der Waals surface area contributed by atoms with Crippen LogP contribution in [0.3, 0.4) is 0 Å². The molecule has 0 fully saturated rings. The minimum atomic E-state index is -0.297. The molecule has 1 aromatic rings. The van der Waals surface area contributed by atoms with Gasteiger partial charge in [0.15, 0.2) is 17.5 Å². The molecule has 0 aliphatic rings. The highest BCUT2D eigenvalue weighted by atomic mass is 16.3. The minimum Gasteiger partial charge on any atom is -0.504 e. The zero-order valence-corrected chi connectivity index (χ0v) is 7.75. The number of guanidine groups is 2. The largest absolute Gasteiger partial charge is 0.504 e. The van der Waals surface area contributed by atoms with E-state index in [4.69, 9.17) is 27.4 Å². The van der Waals surface area contributed by atoms with Crippen molar-refractivity contribution in [3.05, 3.63) is 18.2 Å². The highest BCUT2D eigenvalue weighted by Crippen LogP contribution is 2.28. The third-order valence-electron chi connectivity index (χ3n) is 1.45. The number of phenols is 2. The van der Waals surface area contributed by atoms with Gasteiger partial charge in [-0.15, -0.1) is 0 Å². The zero-order chi connectivity index (χ0) is 11.4. The van der Waals surface area contributed by atoms with Crippen molar-refractivity contribution in [1.29, 1.82) is 0 Å². The second-order valence-electron chi connectivity index (χ2n) is 2.68. The van der Waals surface area contributed by atoms with E-state index in [0.717, 1.165) is 0 Å². The van der Waals surface area contributed by atoms with Crippen LogP contribution < -0.4 is 17.2 Å². The number of aliphatic imine (C=N–C) groups is 2. The summed E-state index contributed by atoms with van der Waals surface area (Å²) in [6, 6.07) is 3.95. The molecule has 80 valence electrons. The third-order valence-corrected chi connectivity index (χ3v) is 1.45. The summed E-state index contributed by atoms with van der Waals surface area (Å²) in [7, 11) is 0. The molecule has 0 spiro atoms. The van der Waals surface area contributed by atoms with Crippen molar-refractivity contribution in [1.82, 2.24) is 0 Å². The van der Waals surface area contributed by atoms with Crippen LogP contribution in [0.4, 0.5) is 5.69 Å². The number of aromatic hydroxyl groups is 2. The Kier molecular flexibility index (Phi) is 2.97. The lowest BCUT2D eigenvalue weighted by atomic mass is 10.3. The van der Waals surface area contributed by atoms with E-state index in [-0.39, 0.29) is 23.4 Å². The first-order valence-corrected chi connectivity index (χ1v) is 3.95. The van der Waals surface area contributed by atoms with Crippen LogP contribution >= 0.6 is 0 Å². The molecule has 0 aliphatic heterocycles. The van der Waals surface area contributed by atoms with Gasteiger partial charge in [0.1, 0.15) is 0 Å². The van der Waals surface area contributed by atoms with Crippen molar-refractivity contribution < 1.29 is 10.2 Å². The Bertz CT molecular complexity index is 423. The zero-order valence-electron chi connectivity index (χ0n) is 7.75. The van der Waals surface area contributed by atoms with Crippen molar-refractivity contribution in [3.8, 4) is 11.5 Å². The van der Waals surface area contributed by atoms with E-state index in [0.29, 0.717) is 5.69 Å². The van der Waals surface area contributed by atoms with Gasteiger partial charge in [0.25, 0.3) is 0 Å². The molecular weight excluding hydrogens is 198 g/mol. The average Bonchev–Trinajstić information content (AvgIpc) is 2.10. The van der Waals surface area contributed by atoms with Crippen LogP contribution in [0.5, 0.6) is 11.5 Å². The Morgan fingerprint density at radius 1 is 1.07 bits per heavy atom. The summed E-state index contributed by atoms with van der Waals surface area (Å²) < 4.78 is 0. The molecule has 7 nitrogen and oxygen atoms in total. The first-order valence-electron chi connectivity index (χ1n) is 3.95. The van der Waals surface area contributed by atoms with Crippen LogP contribution in [-0.2, 0) is 0 Å². The molecule has 0 radical (unpaired) electrons. The second kappa shape index (κ2) is 4.18. The molecule has 0 aromatic heterocycles. The lowest BCUT2D eigenvalue weighted by molar-refractivity contribution is 0.404. The Balaban J connectivity index is 2.99. The minimum absolute atomic E-state index is 0.139. The molecule has 15 heavy (non-hydrogen) atoms. The van der Waals surface area contributed by atoms with E-state index >= 15 is 0 Å². The molecule has 1 aromatic carbocycles. The molecule has 0 aliphatic carbocycles. The molecule has 0 saturated carbocycles. The Morgan fingerprint density at radius 3 is 2.27 bits per heavy atom. The maximum Gasteiger partial charge on any atom is 0.223 e. The summed E-state index contributed by atoms with van der Waals surface area (Å²) in [6.07, 6.45) is 0. The molecule has 7 heteroatoms. The molecule has 0 unspecified atom stereocenters. The maximum absolute atomic E-state index is 9.15. The number of benzene rings is 1. The normalized spacial score (nSPS) is 11.1. The van der Waals surface area contributed by atoms with Crippen LogP contribution in [0.1, 0.15) is 0 Å². The number of nitrogens with zero attached hydrogens (tertiary/aromatic N) is 2. The van der Waals surface area contributed by atoms with Crippen molar-refractivity contribution in [2.24, 2.45) is 27.2 Å². The van der Waals surface area contributed by atoms with E-state index in [1.807, 2.05) is 0 Å². The molecule has 1 rings (SSSR count). The van der Waals surface area contributed by atoms with E-state index in [2.05, 4.69) is 9.98 Å². The van der Waals surface area contributed by atoms with Crippen LogP contribution in [0.2, 0.25) is 0 Å². The number of phenolic OH excluding ortho intramolecular Hbond substituents is 2. The first kappa shape index (κ1) is 10.6. The molecule has 8 N–H and O–H groups in total. The highest BCUT2D eigenvalue weighted by molar-refractivity contribution is 5.93. The quantitative estimate of drug-likeness (QED) is 0.236. The maximum atomic E-state index is 9.15. The van der Waals surface area contributed by atoms with Gasteiger partial charge in [-0.05, 0) is 12.1 Å². The van der Waals surface area contributed by atoms with Crippen molar-refractivity contribution in [2.45, 2.75) is 0 Å². The Morgan fingerprint density at radius 2 is 1.73 bits per heavy atom. The lowest BCUT2D eigenvalue weighted by Gasteiger charge is -1.99. The van der Waals surface area contributed by atoms with Crippen LogP contribution in [0, 0.1) is 0 Å². The van der Waals surface area contributed by atoms with E-state index in [1.165, 1.54) is 18.2 Å². The summed E-state index contributed by atoms with van der Waals surface area (Å²) in [5.41, 5.74) is 15.8. The first-order chi connectivity index (χ1) is 6.99. The predicted molar refractivity (Wildman–Crippen MR) is 56.9 cm³/mol. The Labute approximate surface area is 85.6 Å². The molecule has 0 heterocycles. The summed E-state index contributed by atoms with van der Waals surface area (Å²) in [6.45, 7) is 0. The van der Waals surface area contributed by atoms with Crippen LogP contribution in [0.25, 0.3) is 0 Å². The third kappa shape index (κ3) is 3.07. The van der Waals surface area contributed by atoms with Gasteiger partial charge in [0.05, 0.1) is 5.69 Å². The number of hydrogen-bond donors (Lipinski definition) is 5. The average molecular weight is 209 g/mol. The van der Waals surface area contributed by atoms with E-state index < -0.39 is 0 Å². The fourth-order valence-corrected chi connectivity index (χ4v) is 0.871. The fraction of sp³-hybridized carbons (Fsp3) is 0. The van der Waals surface area contributed by atoms with Gasteiger partial charge in [0.2, 0.25) is 5.96 Å². The van der Waals surface area contributed by atoms with E-state index in [1.54, 1.807) is 0 Å². The summed E-state index contributed by atoms with van der Waals surface area (Å²) in [4.78, 5) is 7.26. The fourth-order valence-electron chi connectivity index (χ4n) is 0.871. The molecular formula is C8H11N5O2. The molecule has 0 amide bonds. The Hall–Kier alpha value is -2.44. The molecule has 0 bridgehead atoms. The van der Waals surface area contributed by atoms with Gasteiger partial charge in [-0.3, -0.25) is 0 Å². The van der Waals surface area contributed by atoms with Gasteiger partial charge in [-0.1, -0.05) is 0 Å². The molecule has 0 saturated heterocycles. The number of hydrogen-bond acceptors (Lipinski definition) is 3. The topological polar surface area (TPSA) is 143 Å². The van der Waals surface area contributed by atoms with Gasteiger partial charge >= 0.3 is 0 Å². The summed E-state index contributed by atoms with van der Waals surface area (Å²) >= 11 is 0. The van der Waals surface area contributed by atoms with Crippen molar-refractivity contribution in [3.63, 3.8) is 0 Å². The van der Waals surface area contributed by atoms with E-state index in [9.17, 15) is 0 Å². The number of rotatable bonds is 1. The number of nitrogens with two attached hydrogens (primary N) is 3. The second-order valence-corrected chi connectivity index (χ2v) is 2.68. The van der Waals surface area contributed by atoms with Gasteiger partial charge in [0, 0.05) is 6.07 Å². The smallest absolute Gasteiger partial charge is 0.223 e. The lowest BCUT2D eigenvalue weighted by Crippen LogP contribution is -2.26. The van der Waals surface area contributed by atoms with Gasteiger partial charge in [-0.2, -0.15) is 4.99 Å². The standard InChI is InChI=1S/C8H11N5O2/c9-7(10)13-8(11)12-4-1-2-5(14)6(15)3-4/h1-3,14-15H,(H6,9,10,11,12,13). The highest BCUT2D eigenvalue weighted by Gasteiger charge is 1.99. The summed E-state index contributed by atoms with van der Waals surface area (Å²) in [5.74, 6) is -0.887. The SMILES string of the molecule is NC(N)=NC(N)=Nc1ccc(O)c(O)c1. The van der Waals surface area contributed by atoms with Crippen molar-refractivity contribution >= 4 is 17.6 Å². The summed E-state index contributed by atoms with van der Waals surface area (Å²) in [5, 5.41) is 18.2. The van der Waals surface area contributed by atoms with Gasteiger partial charge < -0.3 is 27.4 Å². The van der Waals surface area contributed by atoms with Gasteiger partial charge in [-0.25, -0.2) is 4.99 Å².